The molecular formula is C36H32N4OPt-2. The van der Waals surface area contributed by atoms with Crippen LogP contribution in [0, 0.1) is 18.5 Å². The van der Waals surface area contributed by atoms with Crippen molar-refractivity contribution < 1.29 is 30.4 Å². The Morgan fingerprint density at radius 3 is 2.31 bits per heavy atom. The van der Waals surface area contributed by atoms with E-state index in [1.54, 1.807) is 0 Å². The fourth-order valence-electron chi connectivity index (χ4n) is 5.12. The Kier molecular flexibility index (Phi) is 8.33. The van der Waals surface area contributed by atoms with E-state index in [2.05, 4.69) is 86.3 Å². The van der Waals surface area contributed by atoms with Gasteiger partial charge in [-0.25, -0.2) is 0 Å². The Hall–Kier alpha value is -4.21. The number of benzene rings is 4. The van der Waals surface area contributed by atoms with Gasteiger partial charge in [0.1, 0.15) is 5.82 Å². The van der Waals surface area contributed by atoms with Crippen molar-refractivity contribution in [2.75, 3.05) is 0 Å². The molecule has 0 bridgehead atoms. The Labute approximate surface area is 261 Å². The number of nitrogens with zero attached hydrogens (tertiary/aromatic N) is 4. The molecule has 0 radical (unpaired) electrons. The van der Waals surface area contributed by atoms with Gasteiger partial charge < -0.3 is 18.4 Å². The monoisotopic (exact) mass is 731 g/mol. The van der Waals surface area contributed by atoms with Crippen molar-refractivity contribution in [3.8, 4) is 17.4 Å². The summed E-state index contributed by atoms with van der Waals surface area (Å²) in [6.07, 6.45) is 3.15. The van der Waals surface area contributed by atoms with Gasteiger partial charge >= 0.3 is 0 Å². The van der Waals surface area contributed by atoms with Gasteiger partial charge in [-0.05, 0) is 22.9 Å². The topological polar surface area (TPSA) is 35.9 Å². The van der Waals surface area contributed by atoms with E-state index in [1.807, 2.05) is 83.9 Å². The summed E-state index contributed by atoms with van der Waals surface area (Å²) in [5.74, 6) is 2.01. The Bertz CT molecular complexity index is 1910. The van der Waals surface area contributed by atoms with Crippen LogP contribution in [0.5, 0.6) is 11.6 Å². The molecule has 214 valence electrons. The quantitative estimate of drug-likeness (QED) is 0.138. The number of para-hydroxylation sites is 4. The van der Waals surface area contributed by atoms with E-state index in [9.17, 15) is 0 Å². The number of imidazole rings is 1. The second kappa shape index (κ2) is 12.0. The first kappa shape index (κ1) is 29.3. The molecule has 0 aliphatic carbocycles. The van der Waals surface area contributed by atoms with Gasteiger partial charge in [0, 0.05) is 49.4 Å². The number of pyridine rings is 1. The van der Waals surface area contributed by atoms with E-state index in [1.165, 1.54) is 22.0 Å². The maximum atomic E-state index is 6.09. The van der Waals surface area contributed by atoms with Crippen molar-refractivity contribution in [2.24, 2.45) is 14.1 Å². The molecule has 6 heteroatoms. The molecule has 4 aromatic carbocycles. The first-order valence-electron chi connectivity index (χ1n) is 13.7. The van der Waals surface area contributed by atoms with Gasteiger partial charge in [-0.15, -0.1) is 23.1 Å². The van der Waals surface area contributed by atoms with E-state index in [0.717, 1.165) is 22.2 Å². The molecular weight excluding hydrogens is 700 g/mol. The maximum absolute atomic E-state index is 6.09. The Balaban J connectivity index is 0.000000247. The van der Waals surface area contributed by atoms with E-state index >= 15 is 0 Å². The minimum atomic E-state index is 0. The van der Waals surface area contributed by atoms with Crippen LogP contribution in [0.15, 0.2) is 103 Å². The summed E-state index contributed by atoms with van der Waals surface area (Å²) in [5.41, 5.74) is 5.78. The van der Waals surface area contributed by atoms with Gasteiger partial charge in [0.2, 0.25) is 12.2 Å². The number of ether oxygens (including phenoxy) is 1. The molecule has 0 saturated carbocycles. The van der Waals surface area contributed by atoms with Gasteiger partial charge in [0.05, 0.1) is 14.1 Å². The van der Waals surface area contributed by atoms with Gasteiger partial charge in [-0.2, -0.15) is 41.4 Å². The van der Waals surface area contributed by atoms with Crippen molar-refractivity contribution in [3.05, 3.63) is 127 Å². The molecule has 0 amide bonds. The molecule has 7 rings (SSSR count). The van der Waals surface area contributed by atoms with Gasteiger partial charge in [0.25, 0.3) is 0 Å². The van der Waals surface area contributed by atoms with E-state index in [0.29, 0.717) is 11.6 Å². The van der Waals surface area contributed by atoms with Crippen molar-refractivity contribution in [1.29, 1.82) is 0 Å². The number of hydrogen-bond acceptors (Lipinski definition) is 2. The van der Waals surface area contributed by atoms with Crippen LogP contribution in [-0.4, -0.2) is 14.1 Å². The maximum Gasteiger partial charge on any atom is 0.218 e. The summed E-state index contributed by atoms with van der Waals surface area (Å²) in [4.78, 5) is 4.80. The second-order valence-electron chi connectivity index (χ2n) is 11.1. The number of fused-ring (bicyclic) bond motifs is 4. The number of aromatic nitrogens is 4. The molecule has 0 spiro atoms. The third-order valence-electron chi connectivity index (χ3n) is 7.19. The van der Waals surface area contributed by atoms with Crippen LogP contribution in [0.4, 0.5) is 0 Å². The zero-order valence-corrected chi connectivity index (χ0v) is 26.6. The van der Waals surface area contributed by atoms with Crippen LogP contribution >= 0.6 is 0 Å². The first-order valence-corrected chi connectivity index (χ1v) is 13.7. The number of aryl methyl sites for hydroxylation is 2. The van der Waals surface area contributed by atoms with Crippen LogP contribution in [0.25, 0.3) is 38.7 Å². The molecule has 0 fully saturated rings. The molecule has 0 saturated heterocycles. The minimum absolute atomic E-state index is 0. The van der Waals surface area contributed by atoms with Crippen molar-refractivity contribution in [1.82, 2.24) is 14.1 Å². The summed E-state index contributed by atoms with van der Waals surface area (Å²) in [5, 5.41) is 2.34. The average Bonchev–Trinajstić information content (AvgIpc) is 3.47. The zero-order chi connectivity index (χ0) is 28.6. The number of rotatable bonds is 3. The average molecular weight is 732 g/mol. The molecule has 7 aromatic rings. The van der Waals surface area contributed by atoms with Crippen molar-refractivity contribution >= 4 is 32.8 Å². The third kappa shape index (κ3) is 5.75. The third-order valence-corrected chi connectivity index (χ3v) is 7.19. The largest absolute Gasteiger partial charge is 0.466 e. The van der Waals surface area contributed by atoms with Crippen LogP contribution in [0.1, 0.15) is 26.3 Å². The summed E-state index contributed by atoms with van der Waals surface area (Å²) in [6.45, 7) is 6.55. The smallest absolute Gasteiger partial charge is 0.218 e. The van der Waals surface area contributed by atoms with Gasteiger partial charge in [0.15, 0.2) is 0 Å². The molecule has 0 unspecified atom stereocenters. The van der Waals surface area contributed by atoms with Crippen LogP contribution < -0.4 is 9.30 Å². The first-order chi connectivity index (χ1) is 19.8. The fourth-order valence-corrected chi connectivity index (χ4v) is 5.12. The van der Waals surface area contributed by atoms with Gasteiger partial charge in [-0.3, -0.25) is 0 Å². The summed E-state index contributed by atoms with van der Waals surface area (Å²) < 4.78 is 12.2. The summed E-state index contributed by atoms with van der Waals surface area (Å²) in [6, 6.07) is 41.1. The summed E-state index contributed by atoms with van der Waals surface area (Å²) in [7, 11) is 4.00. The molecule has 3 heterocycles. The number of hydrogen-bond donors (Lipinski definition) is 0. The molecule has 0 atom stereocenters. The normalized spacial score (nSPS) is 11.3. The molecule has 42 heavy (non-hydrogen) atoms. The predicted molar refractivity (Wildman–Crippen MR) is 164 cm³/mol. The molecule has 0 N–H and O–H groups in total. The van der Waals surface area contributed by atoms with Crippen LogP contribution in [0.2, 0.25) is 0 Å². The van der Waals surface area contributed by atoms with Crippen molar-refractivity contribution in [3.63, 3.8) is 0 Å². The van der Waals surface area contributed by atoms with Crippen LogP contribution in [0.3, 0.4) is 0 Å². The summed E-state index contributed by atoms with van der Waals surface area (Å²) >= 11 is 0. The van der Waals surface area contributed by atoms with Crippen molar-refractivity contribution in [2.45, 2.75) is 26.2 Å². The van der Waals surface area contributed by atoms with E-state index < -0.39 is 0 Å². The molecule has 0 aliphatic heterocycles. The zero-order valence-electron chi connectivity index (χ0n) is 24.3. The molecule has 5 nitrogen and oxygen atoms in total. The second-order valence-corrected chi connectivity index (χ2v) is 11.1. The van der Waals surface area contributed by atoms with Gasteiger partial charge in [-0.1, -0.05) is 74.8 Å². The minimum Gasteiger partial charge on any atom is -0.466 e. The Morgan fingerprint density at radius 2 is 1.52 bits per heavy atom. The van der Waals surface area contributed by atoms with E-state index in [4.69, 9.17) is 9.72 Å². The van der Waals surface area contributed by atoms with Crippen LogP contribution in [-0.2, 0) is 40.6 Å². The molecule has 3 aromatic heterocycles. The SMILES string of the molecule is CC(C)(C)c1cc[c-]c(Oc2cccc(-n3c4[c-]cccc4c4ccccc43)n2)c1.Cn1[c-][n+](C)c2ccccc21.[Pt]. The van der Waals surface area contributed by atoms with E-state index in [-0.39, 0.29) is 26.5 Å². The molecule has 0 aliphatic rings. The Morgan fingerprint density at radius 1 is 0.786 bits per heavy atom. The standard InChI is InChI=1S/C27H22N2O.C9H10N2.Pt/c1-27(2,3)19-10-8-11-20(18-19)30-26-17-9-16-25(28-26)29-23-14-6-4-12-21(23)22-13-5-7-15-24(22)29;1-10-7-11(2)9-6-4-3-5-8(9)10;/h4-10,12-14,16-18H,1-3H3;3-6H,1-2H3;/q-2;;. The predicted octanol–water partition coefficient (Wildman–Crippen LogP) is 7.67. The fraction of sp³-hybridized carbons (Fsp3) is 0.167.